The summed E-state index contributed by atoms with van der Waals surface area (Å²) in [5, 5.41) is 19.6. The molecule has 0 spiro atoms. The molecular weight excluding hydrogens is 349 g/mol. The predicted octanol–water partition coefficient (Wildman–Crippen LogP) is 1.50. The van der Waals surface area contributed by atoms with Crippen LogP contribution in [0.5, 0.6) is 0 Å². The summed E-state index contributed by atoms with van der Waals surface area (Å²) in [6.07, 6.45) is -5.91. The molecule has 2 heterocycles. The van der Waals surface area contributed by atoms with Gasteiger partial charge in [0.2, 0.25) is 0 Å². The van der Waals surface area contributed by atoms with Crippen molar-refractivity contribution < 1.29 is 32.9 Å². The van der Waals surface area contributed by atoms with Gasteiger partial charge in [-0.3, -0.25) is 4.98 Å². The van der Waals surface area contributed by atoms with E-state index in [2.05, 4.69) is 9.97 Å². The maximum absolute atomic E-state index is 12.6. The molecule has 0 saturated carbocycles. The molecule has 1 aliphatic rings. The van der Waals surface area contributed by atoms with Gasteiger partial charge >= 0.3 is 6.18 Å². The first-order chi connectivity index (χ1) is 11.2. The molecular formula is C14H19F3N2O4S. The number of nitrogens with zero attached hydrogens (tertiary/aromatic N) is 2. The molecule has 24 heavy (non-hydrogen) atoms. The highest BCUT2D eigenvalue weighted by atomic mass is 32.2. The van der Waals surface area contributed by atoms with Crippen LogP contribution in [0.1, 0.15) is 19.5 Å². The van der Waals surface area contributed by atoms with E-state index in [4.69, 9.17) is 9.47 Å². The molecule has 1 aliphatic heterocycles. The summed E-state index contributed by atoms with van der Waals surface area (Å²) in [6, 6.07) is 0. The Morgan fingerprint density at radius 3 is 2.67 bits per heavy atom. The number of thioether (sulfide) groups is 1. The van der Waals surface area contributed by atoms with Crippen LogP contribution in [0.3, 0.4) is 0 Å². The summed E-state index contributed by atoms with van der Waals surface area (Å²) in [6.45, 7) is 3.83. The largest absolute Gasteiger partial charge is 0.434 e. The fourth-order valence-electron chi connectivity index (χ4n) is 2.09. The maximum Gasteiger partial charge on any atom is 0.434 e. The summed E-state index contributed by atoms with van der Waals surface area (Å²) < 4.78 is 48.8. The molecule has 1 fully saturated rings. The molecule has 0 aromatic carbocycles. The highest BCUT2D eigenvalue weighted by molar-refractivity contribution is 7.99. The summed E-state index contributed by atoms with van der Waals surface area (Å²) >= 11 is 0.884. The summed E-state index contributed by atoms with van der Waals surface area (Å²) in [5.41, 5.74) is -1.11. The van der Waals surface area contributed by atoms with E-state index >= 15 is 0 Å². The Balaban J connectivity index is 1.99. The van der Waals surface area contributed by atoms with E-state index < -0.39 is 35.4 Å². The Morgan fingerprint density at radius 2 is 2.04 bits per heavy atom. The highest BCUT2D eigenvalue weighted by Gasteiger charge is 2.40. The van der Waals surface area contributed by atoms with E-state index in [0.717, 1.165) is 11.8 Å². The van der Waals surface area contributed by atoms with Crippen LogP contribution >= 0.6 is 11.8 Å². The van der Waals surface area contributed by atoms with Crippen molar-refractivity contribution in [3.63, 3.8) is 0 Å². The number of hydrogen-bond acceptors (Lipinski definition) is 7. The van der Waals surface area contributed by atoms with Crippen LogP contribution in [0, 0.1) is 0 Å². The number of aromatic nitrogens is 2. The SMILES string of the molecule is CC(C)OC[C@H]1OC[C@H](Sc2cncc(C(F)(F)F)n2)[C@@H](O)[C@H]1O. The predicted molar refractivity (Wildman–Crippen MR) is 79.5 cm³/mol. The summed E-state index contributed by atoms with van der Waals surface area (Å²) in [7, 11) is 0. The number of aliphatic hydroxyl groups excluding tert-OH is 2. The van der Waals surface area contributed by atoms with Crippen molar-refractivity contribution in [1.29, 1.82) is 0 Å². The van der Waals surface area contributed by atoms with Gasteiger partial charge in [-0.25, -0.2) is 4.98 Å². The van der Waals surface area contributed by atoms with Crippen LogP contribution in [0.2, 0.25) is 0 Å². The van der Waals surface area contributed by atoms with Crippen LogP contribution < -0.4 is 0 Å². The Labute approximate surface area is 141 Å². The van der Waals surface area contributed by atoms with Gasteiger partial charge in [0.25, 0.3) is 0 Å². The first kappa shape index (κ1) is 19.4. The summed E-state index contributed by atoms with van der Waals surface area (Å²) in [5.74, 6) is 0. The molecule has 0 radical (unpaired) electrons. The monoisotopic (exact) mass is 368 g/mol. The normalized spacial score (nSPS) is 28.3. The van der Waals surface area contributed by atoms with Crippen molar-refractivity contribution in [2.75, 3.05) is 13.2 Å². The van der Waals surface area contributed by atoms with Gasteiger partial charge in [0.15, 0.2) is 5.69 Å². The molecule has 0 amide bonds. The topological polar surface area (TPSA) is 84.7 Å². The van der Waals surface area contributed by atoms with Crippen LogP contribution in [0.4, 0.5) is 13.2 Å². The minimum absolute atomic E-state index is 0.00144. The molecule has 1 saturated heterocycles. The average Bonchev–Trinajstić information content (AvgIpc) is 2.50. The smallest absolute Gasteiger partial charge is 0.389 e. The summed E-state index contributed by atoms with van der Waals surface area (Å²) in [4.78, 5) is 6.99. The third kappa shape index (κ3) is 5.03. The lowest BCUT2D eigenvalue weighted by Crippen LogP contribution is -2.53. The van der Waals surface area contributed by atoms with Crippen molar-refractivity contribution in [2.24, 2.45) is 0 Å². The maximum atomic E-state index is 12.6. The van der Waals surface area contributed by atoms with E-state index in [1.165, 1.54) is 6.20 Å². The second kappa shape index (κ2) is 7.96. The second-order valence-corrected chi connectivity index (χ2v) is 6.89. The Bertz CT molecular complexity index is 547. The lowest BCUT2D eigenvalue weighted by atomic mass is 10.0. The third-order valence-corrected chi connectivity index (χ3v) is 4.51. The molecule has 10 heteroatoms. The van der Waals surface area contributed by atoms with E-state index in [0.29, 0.717) is 6.20 Å². The van der Waals surface area contributed by atoms with E-state index in [-0.39, 0.29) is 24.3 Å². The lowest BCUT2D eigenvalue weighted by molar-refractivity contribution is -0.156. The van der Waals surface area contributed by atoms with Gasteiger partial charge < -0.3 is 19.7 Å². The number of alkyl halides is 3. The number of rotatable bonds is 5. The van der Waals surface area contributed by atoms with Gasteiger partial charge in [0.1, 0.15) is 17.2 Å². The van der Waals surface area contributed by atoms with Crippen molar-refractivity contribution in [1.82, 2.24) is 9.97 Å². The lowest BCUT2D eigenvalue weighted by Gasteiger charge is -2.37. The zero-order chi connectivity index (χ0) is 17.9. The average molecular weight is 368 g/mol. The molecule has 1 aromatic heterocycles. The number of hydrogen-bond donors (Lipinski definition) is 2. The highest BCUT2D eigenvalue weighted by Crippen LogP contribution is 2.32. The standard InChI is InChI=1S/C14H19F3N2O4S/c1-7(2)22-5-8-12(20)13(21)9(6-23-8)24-11-4-18-3-10(19-11)14(15,16)17/h3-4,7-9,12-13,20-21H,5-6H2,1-2H3/t8-,9+,12+,13-/m1/s1. The van der Waals surface area contributed by atoms with Crippen LogP contribution in [-0.4, -0.2) is 63.1 Å². The van der Waals surface area contributed by atoms with Crippen molar-refractivity contribution in [3.8, 4) is 0 Å². The molecule has 4 atom stereocenters. The van der Waals surface area contributed by atoms with Gasteiger partial charge in [0.05, 0.1) is 43.1 Å². The van der Waals surface area contributed by atoms with Gasteiger partial charge in [-0.15, -0.1) is 0 Å². The molecule has 0 unspecified atom stereocenters. The Hall–Kier alpha value is -0.940. The van der Waals surface area contributed by atoms with Gasteiger partial charge in [-0.1, -0.05) is 11.8 Å². The fourth-order valence-corrected chi connectivity index (χ4v) is 3.12. The van der Waals surface area contributed by atoms with Crippen LogP contribution in [-0.2, 0) is 15.7 Å². The van der Waals surface area contributed by atoms with Crippen LogP contribution in [0.15, 0.2) is 17.4 Å². The van der Waals surface area contributed by atoms with E-state index in [1.54, 1.807) is 0 Å². The number of aliphatic hydroxyl groups is 2. The molecule has 0 bridgehead atoms. The third-order valence-electron chi connectivity index (χ3n) is 3.36. The molecule has 2 rings (SSSR count). The number of halogens is 3. The quantitative estimate of drug-likeness (QED) is 0.815. The van der Waals surface area contributed by atoms with E-state index in [1.807, 2.05) is 13.8 Å². The molecule has 1 aromatic rings. The van der Waals surface area contributed by atoms with Crippen molar-refractivity contribution in [3.05, 3.63) is 18.1 Å². The molecule has 0 aliphatic carbocycles. The minimum atomic E-state index is -4.59. The zero-order valence-electron chi connectivity index (χ0n) is 13.1. The molecule has 136 valence electrons. The molecule has 2 N–H and O–H groups in total. The van der Waals surface area contributed by atoms with Gasteiger partial charge in [-0.2, -0.15) is 13.2 Å². The molecule has 6 nitrogen and oxygen atoms in total. The van der Waals surface area contributed by atoms with Gasteiger partial charge in [-0.05, 0) is 13.8 Å². The Morgan fingerprint density at radius 1 is 1.33 bits per heavy atom. The van der Waals surface area contributed by atoms with E-state index in [9.17, 15) is 23.4 Å². The minimum Gasteiger partial charge on any atom is -0.389 e. The van der Waals surface area contributed by atoms with Gasteiger partial charge in [0, 0.05) is 0 Å². The first-order valence-electron chi connectivity index (χ1n) is 7.33. The van der Waals surface area contributed by atoms with Crippen LogP contribution in [0.25, 0.3) is 0 Å². The zero-order valence-corrected chi connectivity index (χ0v) is 13.9. The van der Waals surface area contributed by atoms with Crippen molar-refractivity contribution in [2.45, 2.75) is 54.7 Å². The Kier molecular flexibility index (Phi) is 6.43. The van der Waals surface area contributed by atoms with Crippen molar-refractivity contribution >= 4 is 11.8 Å². The first-order valence-corrected chi connectivity index (χ1v) is 8.21. The second-order valence-electron chi connectivity index (χ2n) is 5.63. The fraction of sp³-hybridized carbons (Fsp3) is 0.714. The number of ether oxygens (including phenoxy) is 2.